The quantitative estimate of drug-likeness (QED) is 0.446. The molecule has 0 fully saturated rings. The smallest absolute Gasteiger partial charge is 0.223 e. The zero-order valence-corrected chi connectivity index (χ0v) is 18.7. The van der Waals surface area contributed by atoms with Crippen LogP contribution in [-0.2, 0) is 17.8 Å². The van der Waals surface area contributed by atoms with Crippen LogP contribution >= 0.6 is 0 Å². The molecule has 162 valence electrons. The number of rotatable bonds is 10. The molecule has 1 aliphatic rings. The molecule has 0 aromatic heterocycles. The summed E-state index contributed by atoms with van der Waals surface area (Å²) in [4.78, 5) is 15.5. The van der Waals surface area contributed by atoms with Gasteiger partial charge >= 0.3 is 0 Å². The van der Waals surface area contributed by atoms with Gasteiger partial charge in [0.1, 0.15) is 0 Å². The lowest BCUT2D eigenvalue weighted by atomic mass is 9.86. The third-order valence-electron chi connectivity index (χ3n) is 6.08. The van der Waals surface area contributed by atoms with Crippen molar-refractivity contribution >= 4 is 5.91 Å². The first kappa shape index (κ1) is 22.2. The molecule has 1 amide bonds. The van der Waals surface area contributed by atoms with E-state index < -0.39 is 0 Å². The molecular weight excluding hydrogens is 374 g/mol. The number of nitrogens with zero attached hydrogens (tertiary/aromatic N) is 1. The normalized spacial score (nSPS) is 15.4. The second kappa shape index (κ2) is 11.1. The molecule has 30 heavy (non-hydrogen) atoms. The van der Waals surface area contributed by atoms with Gasteiger partial charge in [0.25, 0.3) is 0 Å². The van der Waals surface area contributed by atoms with Crippen molar-refractivity contribution in [3.8, 4) is 11.5 Å². The minimum absolute atomic E-state index is 0.140. The van der Waals surface area contributed by atoms with E-state index in [1.165, 1.54) is 24.0 Å². The molecule has 1 atom stereocenters. The summed E-state index contributed by atoms with van der Waals surface area (Å²) in [6, 6.07) is 14.7. The number of hydrogen-bond donors (Lipinski definition) is 0. The van der Waals surface area contributed by atoms with Crippen LogP contribution < -0.4 is 9.47 Å². The van der Waals surface area contributed by atoms with Gasteiger partial charge in [0.05, 0.1) is 20.3 Å². The molecule has 3 rings (SSSR count). The van der Waals surface area contributed by atoms with E-state index >= 15 is 0 Å². The van der Waals surface area contributed by atoms with Crippen molar-refractivity contribution in [3.05, 3.63) is 59.2 Å². The van der Waals surface area contributed by atoms with E-state index in [1.54, 1.807) is 14.2 Å². The van der Waals surface area contributed by atoms with Crippen LogP contribution in [0.2, 0.25) is 0 Å². The Labute approximate surface area is 181 Å². The molecule has 0 radical (unpaired) electrons. The maximum atomic E-state index is 13.4. The zero-order valence-electron chi connectivity index (χ0n) is 18.7. The molecule has 4 heteroatoms. The highest BCUT2D eigenvalue weighted by Gasteiger charge is 2.29. The van der Waals surface area contributed by atoms with Crippen molar-refractivity contribution in [1.29, 1.82) is 0 Å². The fourth-order valence-electron chi connectivity index (χ4n) is 4.45. The number of fused-ring (bicyclic) bond motifs is 1. The highest BCUT2D eigenvalue weighted by atomic mass is 16.5. The van der Waals surface area contributed by atoms with Gasteiger partial charge < -0.3 is 14.4 Å². The molecular formula is C26H35NO3. The van der Waals surface area contributed by atoms with Crippen LogP contribution in [-0.4, -0.2) is 25.0 Å². The highest BCUT2D eigenvalue weighted by molar-refractivity contribution is 5.77. The lowest BCUT2D eigenvalue weighted by molar-refractivity contribution is -0.135. The molecule has 2 aromatic carbocycles. The van der Waals surface area contributed by atoms with Gasteiger partial charge in [0, 0.05) is 13.0 Å². The van der Waals surface area contributed by atoms with Crippen molar-refractivity contribution in [1.82, 2.24) is 4.90 Å². The average Bonchev–Trinajstić information content (AvgIpc) is 2.79. The zero-order chi connectivity index (χ0) is 21.3. The molecule has 4 nitrogen and oxygen atoms in total. The van der Waals surface area contributed by atoms with E-state index in [0.29, 0.717) is 24.5 Å². The Morgan fingerprint density at radius 1 is 1.03 bits per heavy atom. The second-order valence-corrected chi connectivity index (χ2v) is 8.13. The second-order valence-electron chi connectivity index (χ2n) is 8.13. The Bertz CT molecular complexity index is 833. The largest absolute Gasteiger partial charge is 0.493 e. The number of methoxy groups -OCH3 is 2. The molecule has 2 aromatic rings. The molecule has 1 aliphatic carbocycles. The first-order valence-corrected chi connectivity index (χ1v) is 11.3. The van der Waals surface area contributed by atoms with Gasteiger partial charge in [-0.3, -0.25) is 4.79 Å². The molecule has 0 heterocycles. The minimum Gasteiger partial charge on any atom is -0.493 e. The first-order valence-electron chi connectivity index (χ1n) is 11.3. The summed E-state index contributed by atoms with van der Waals surface area (Å²) in [7, 11) is 3.29. The number of benzene rings is 2. The van der Waals surface area contributed by atoms with Gasteiger partial charge in [-0.25, -0.2) is 0 Å². The third-order valence-corrected chi connectivity index (χ3v) is 6.08. The Kier molecular flexibility index (Phi) is 8.18. The number of amides is 1. The number of carbonyl (C=O) groups excluding carboxylic acids is 1. The van der Waals surface area contributed by atoms with Gasteiger partial charge in [-0.05, 0) is 54.5 Å². The molecule has 0 saturated carbocycles. The van der Waals surface area contributed by atoms with Gasteiger partial charge in [-0.2, -0.15) is 0 Å². The van der Waals surface area contributed by atoms with E-state index in [9.17, 15) is 4.79 Å². The van der Waals surface area contributed by atoms with E-state index in [1.807, 2.05) is 18.2 Å². The van der Waals surface area contributed by atoms with Crippen LogP contribution in [0, 0.1) is 0 Å². The van der Waals surface area contributed by atoms with Crippen LogP contribution in [0.1, 0.15) is 74.6 Å². The summed E-state index contributed by atoms with van der Waals surface area (Å²) in [6.07, 6.45) is 8.30. The molecule has 1 unspecified atom stereocenters. The lowest BCUT2D eigenvalue weighted by Gasteiger charge is -2.36. The maximum Gasteiger partial charge on any atom is 0.223 e. The predicted molar refractivity (Wildman–Crippen MR) is 121 cm³/mol. The van der Waals surface area contributed by atoms with E-state index in [-0.39, 0.29) is 11.9 Å². The van der Waals surface area contributed by atoms with Gasteiger partial charge in [0.2, 0.25) is 5.91 Å². The Morgan fingerprint density at radius 2 is 1.83 bits per heavy atom. The van der Waals surface area contributed by atoms with Crippen molar-refractivity contribution in [2.75, 3.05) is 14.2 Å². The van der Waals surface area contributed by atoms with E-state index in [4.69, 9.17) is 9.47 Å². The van der Waals surface area contributed by atoms with Crippen LogP contribution in [0.3, 0.4) is 0 Å². The Balaban J connectivity index is 1.86. The third kappa shape index (κ3) is 5.35. The molecule has 0 bridgehead atoms. The van der Waals surface area contributed by atoms with Crippen molar-refractivity contribution in [2.45, 2.75) is 70.9 Å². The summed E-state index contributed by atoms with van der Waals surface area (Å²) in [6.45, 7) is 2.79. The standard InChI is InChI=1S/C26H35NO3/c1-4-5-6-7-15-26(28)27(19-20-16-17-24(29-2)25(18-20)30-3)23-14-10-12-21-11-8-9-13-22(21)23/h8-9,11,13,16-18,23H,4-7,10,12,14-15,19H2,1-3H3. The summed E-state index contributed by atoms with van der Waals surface area (Å²) >= 11 is 0. The molecule has 0 N–H and O–H groups in total. The number of unbranched alkanes of at least 4 members (excludes halogenated alkanes) is 3. The van der Waals surface area contributed by atoms with E-state index in [0.717, 1.165) is 37.7 Å². The summed E-state index contributed by atoms with van der Waals surface area (Å²) in [5.74, 6) is 1.67. The van der Waals surface area contributed by atoms with Crippen LogP contribution in [0.4, 0.5) is 0 Å². The van der Waals surface area contributed by atoms with Gasteiger partial charge in [0.15, 0.2) is 11.5 Å². The Morgan fingerprint density at radius 3 is 2.60 bits per heavy atom. The fraction of sp³-hybridized carbons (Fsp3) is 0.500. The predicted octanol–water partition coefficient (Wildman–Crippen LogP) is 6.08. The molecule has 0 aliphatic heterocycles. The van der Waals surface area contributed by atoms with Crippen LogP contribution in [0.15, 0.2) is 42.5 Å². The summed E-state index contributed by atoms with van der Waals surface area (Å²) in [5.41, 5.74) is 3.76. The van der Waals surface area contributed by atoms with Crippen LogP contribution in [0.5, 0.6) is 11.5 Å². The average molecular weight is 410 g/mol. The fourth-order valence-corrected chi connectivity index (χ4v) is 4.45. The lowest BCUT2D eigenvalue weighted by Crippen LogP contribution is -2.36. The van der Waals surface area contributed by atoms with E-state index in [2.05, 4.69) is 36.1 Å². The van der Waals surface area contributed by atoms with Gasteiger partial charge in [-0.1, -0.05) is 56.5 Å². The number of ether oxygens (including phenoxy) is 2. The SMILES string of the molecule is CCCCCCC(=O)N(Cc1ccc(OC)c(OC)c1)C1CCCc2ccccc21. The number of hydrogen-bond acceptors (Lipinski definition) is 3. The topological polar surface area (TPSA) is 38.8 Å². The van der Waals surface area contributed by atoms with Gasteiger partial charge in [-0.15, -0.1) is 0 Å². The minimum atomic E-state index is 0.140. The number of aryl methyl sites for hydroxylation is 1. The first-order chi connectivity index (χ1) is 14.7. The molecule has 0 saturated heterocycles. The molecule has 0 spiro atoms. The summed E-state index contributed by atoms with van der Waals surface area (Å²) in [5, 5.41) is 0. The summed E-state index contributed by atoms with van der Waals surface area (Å²) < 4.78 is 10.9. The van der Waals surface area contributed by atoms with Crippen molar-refractivity contribution in [2.24, 2.45) is 0 Å². The van der Waals surface area contributed by atoms with Crippen molar-refractivity contribution < 1.29 is 14.3 Å². The maximum absolute atomic E-state index is 13.4. The van der Waals surface area contributed by atoms with Crippen LogP contribution in [0.25, 0.3) is 0 Å². The highest BCUT2D eigenvalue weighted by Crippen LogP contribution is 2.36. The monoisotopic (exact) mass is 409 g/mol. The number of carbonyl (C=O) groups is 1. The Hall–Kier alpha value is -2.49. The van der Waals surface area contributed by atoms with Crippen molar-refractivity contribution in [3.63, 3.8) is 0 Å².